The Kier molecular flexibility index (Phi) is 4.42. The Morgan fingerprint density at radius 1 is 1.14 bits per heavy atom. The lowest BCUT2D eigenvalue weighted by molar-refractivity contribution is 0.102. The maximum absolute atomic E-state index is 13.3. The smallest absolute Gasteiger partial charge is 0.259 e. The summed E-state index contributed by atoms with van der Waals surface area (Å²) in [5.41, 5.74) is 1.51. The molecule has 110 valence electrons. The van der Waals surface area contributed by atoms with Crippen molar-refractivity contribution in [2.45, 2.75) is 6.92 Å². The third kappa shape index (κ3) is 3.13. The third-order valence-corrected chi connectivity index (χ3v) is 3.10. The van der Waals surface area contributed by atoms with Gasteiger partial charge in [-0.15, -0.1) is 0 Å². The van der Waals surface area contributed by atoms with E-state index in [2.05, 4.69) is 5.32 Å². The van der Waals surface area contributed by atoms with Gasteiger partial charge in [-0.1, -0.05) is 12.1 Å². The summed E-state index contributed by atoms with van der Waals surface area (Å²) in [6, 6.07) is 9.23. The van der Waals surface area contributed by atoms with Crippen LogP contribution in [0.5, 0.6) is 11.5 Å². The molecule has 4 nitrogen and oxygen atoms in total. The highest BCUT2D eigenvalue weighted by molar-refractivity contribution is 6.07. The summed E-state index contributed by atoms with van der Waals surface area (Å²) in [5.74, 6) is 0.000581. The molecule has 0 aliphatic heterocycles. The van der Waals surface area contributed by atoms with Gasteiger partial charge in [0.05, 0.1) is 19.8 Å². The van der Waals surface area contributed by atoms with Gasteiger partial charge in [-0.2, -0.15) is 0 Å². The summed E-state index contributed by atoms with van der Waals surface area (Å²) in [6.07, 6.45) is 0. The van der Waals surface area contributed by atoms with Crippen LogP contribution in [0.25, 0.3) is 0 Å². The van der Waals surface area contributed by atoms with Crippen LogP contribution in [0, 0.1) is 12.7 Å². The number of benzene rings is 2. The van der Waals surface area contributed by atoms with Crippen molar-refractivity contribution in [3.63, 3.8) is 0 Å². The summed E-state index contributed by atoms with van der Waals surface area (Å²) in [4.78, 5) is 12.4. The second-order valence-corrected chi connectivity index (χ2v) is 4.45. The number of hydrogen-bond donors (Lipinski definition) is 1. The van der Waals surface area contributed by atoms with Crippen LogP contribution in [0.2, 0.25) is 0 Å². The number of anilines is 1. The molecule has 0 spiro atoms. The van der Waals surface area contributed by atoms with E-state index in [0.717, 1.165) is 5.56 Å². The Bertz CT molecular complexity index is 671. The number of nitrogens with one attached hydrogen (secondary N) is 1. The Morgan fingerprint density at radius 2 is 1.90 bits per heavy atom. The zero-order valence-corrected chi connectivity index (χ0v) is 12.1. The molecule has 2 aromatic carbocycles. The summed E-state index contributed by atoms with van der Waals surface area (Å²) in [7, 11) is 2.96. The van der Waals surface area contributed by atoms with Crippen LogP contribution < -0.4 is 14.8 Å². The monoisotopic (exact) mass is 289 g/mol. The number of rotatable bonds is 4. The number of aryl methyl sites for hydroxylation is 1. The topological polar surface area (TPSA) is 47.6 Å². The summed E-state index contributed by atoms with van der Waals surface area (Å²) in [6.45, 7) is 1.79. The zero-order chi connectivity index (χ0) is 15.4. The first-order valence-electron chi connectivity index (χ1n) is 6.35. The van der Waals surface area contributed by atoms with Crippen molar-refractivity contribution in [2.75, 3.05) is 19.5 Å². The average Bonchev–Trinajstić information content (AvgIpc) is 2.49. The molecule has 5 heteroatoms. The Hall–Kier alpha value is -2.56. The Balaban J connectivity index is 2.35. The lowest BCUT2D eigenvalue weighted by Crippen LogP contribution is -2.14. The molecule has 0 saturated carbocycles. The molecule has 0 aliphatic carbocycles. The van der Waals surface area contributed by atoms with Gasteiger partial charge in [0, 0.05) is 5.69 Å². The highest BCUT2D eigenvalue weighted by atomic mass is 19.1. The van der Waals surface area contributed by atoms with Gasteiger partial charge in [-0.25, -0.2) is 4.39 Å². The maximum Gasteiger partial charge on any atom is 0.259 e. The van der Waals surface area contributed by atoms with Crippen LogP contribution in [-0.2, 0) is 0 Å². The number of para-hydroxylation sites is 1. The van der Waals surface area contributed by atoms with Crippen molar-refractivity contribution in [1.82, 2.24) is 0 Å². The number of methoxy groups -OCH3 is 2. The minimum Gasteiger partial charge on any atom is -0.493 e. The third-order valence-electron chi connectivity index (χ3n) is 3.10. The quantitative estimate of drug-likeness (QED) is 0.938. The fraction of sp³-hybridized carbons (Fsp3) is 0.188. The van der Waals surface area contributed by atoms with Gasteiger partial charge in [-0.05, 0) is 36.8 Å². The van der Waals surface area contributed by atoms with Crippen LogP contribution in [0.1, 0.15) is 15.9 Å². The summed E-state index contributed by atoms with van der Waals surface area (Å²) >= 11 is 0. The largest absolute Gasteiger partial charge is 0.493 e. The highest BCUT2D eigenvalue weighted by Crippen LogP contribution is 2.31. The van der Waals surface area contributed by atoms with E-state index in [1.54, 1.807) is 31.2 Å². The van der Waals surface area contributed by atoms with Crippen LogP contribution in [0.15, 0.2) is 36.4 Å². The normalized spacial score (nSPS) is 10.1. The number of halogens is 1. The first-order valence-corrected chi connectivity index (χ1v) is 6.35. The van der Waals surface area contributed by atoms with Gasteiger partial charge in [0.25, 0.3) is 5.91 Å². The first kappa shape index (κ1) is 14.8. The van der Waals surface area contributed by atoms with Gasteiger partial charge in [0.15, 0.2) is 11.5 Å². The van der Waals surface area contributed by atoms with E-state index >= 15 is 0 Å². The van der Waals surface area contributed by atoms with Crippen molar-refractivity contribution in [2.24, 2.45) is 0 Å². The molecular formula is C16H16FNO3. The van der Waals surface area contributed by atoms with Gasteiger partial charge < -0.3 is 14.8 Å². The molecule has 1 amide bonds. The molecular weight excluding hydrogens is 273 g/mol. The summed E-state index contributed by atoms with van der Waals surface area (Å²) < 4.78 is 23.6. The van der Waals surface area contributed by atoms with Crippen LogP contribution in [0.4, 0.5) is 10.1 Å². The molecule has 0 aliphatic rings. The van der Waals surface area contributed by atoms with Crippen molar-refractivity contribution < 1.29 is 18.7 Å². The van der Waals surface area contributed by atoms with Crippen molar-refractivity contribution in [3.05, 3.63) is 53.3 Å². The minimum absolute atomic E-state index is 0.320. The Labute approximate surface area is 122 Å². The van der Waals surface area contributed by atoms with E-state index in [4.69, 9.17) is 9.47 Å². The fourth-order valence-electron chi connectivity index (χ4n) is 1.98. The predicted octanol–water partition coefficient (Wildman–Crippen LogP) is 3.40. The van der Waals surface area contributed by atoms with E-state index in [1.165, 1.54) is 26.4 Å². The molecule has 0 radical (unpaired) electrons. The maximum atomic E-state index is 13.3. The molecule has 2 rings (SSSR count). The lowest BCUT2D eigenvalue weighted by atomic mass is 10.1. The molecule has 0 fully saturated rings. The van der Waals surface area contributed by atoms with E-state index < -0.39 is 5.82 Å². The number of carbonyl (C=O) groups is 1. The number of carbonyl (C=O) groups excluding carboxylic acids is 1. The van der Waals surface area contributed by atoms with E-state index in [-0.39, 0.29) is 5.91 Å². The van der Waals surface area contributed by atoms with Crippen molar-refractivity contribution >= 4 is 11.6 Å². The summed E-state index contributed by atoms with van der Waals surface area (Å²) in [5, 5.41) is 2.68. The standard InChI is InChI=1S/C16H16FNO3/c1-10-7-8-11(17)9-13(10)18-16(19)12-5-4-6-14(20-2)15(12)21-3/h4-9H,1-3H3,(H,18,19). The molecule has 21 heavy (non-hydrogen) atoms. The highest BCUT2D eigenvalue weighted by Gasteiger charge is 2.17. The average molecular weight is 289 g/mol. The van der Waals surface area contributed by atoms with E-state index in [1.807, 2.05) is 0 Å². The molecule has 0 unspecified atom stereocenters. The van der Waals surface area contributed by atoms with Crippen LogP contribution >= 0.6 is 0 Å². The number of hydrogen-bond acceptors (Lipinski definition) is 3. The molecule has 1 N–H and O–H groups in total. The van der Waals surface area contributed by atoms with Gasteiger partial charge in [-0.3, -0.25) is 4.79 Å². The number of ether oxygens (including phenoxy) is 2. The molecule has 0 atom stereocenters. The number of amides is 1. The van der Waals surface area contributed by atoms with E-state index in [0.29, 0.717) is 22.7 Å². The SMILES string of the molecule is COc1cccc(C(=O)Nc2cc(F)ccc2C)c1OC. The van der Waals surface area contributed by atoms with E-state index in [9.17, 15) is 9.18 Å². The second-order valence-electron chi connectivity index (χ2n) is 4.45. The van der Waals surface area contributed by atoms with Crippen molar-refractivity contribution in [3.8, 4) is 11.5 Å². The second kappa shape index (κ2) is 6.26. The predicted molar refractivity (Wildman–Crippen MR) is 78.6 cm³/mol. The first-order chi connectivity index (χ1) is 10.1. The lowest BCUT2D eigenvalue weighted by Gasteiger charge is -2.13. The van der Waals surface area contributed by atoms with Crippen LogP contribution in [-0.4, -0.2) is 20.1 Å². The fourth-order valence-corrected chi connectivity index (χ4v) is 1.98. The molecule has 0 saturated heterocycles. The van der Waals surface area contributed by atoms with Gasteiger partial charge in [0.1, 0.15) is 5.82 Å². The molecule has 0 bridgehead atoms. The van der Waals surface area contributed by atoms with Gasteiger partial charge >= 0.3 is 0 Å². The Morgan fingerprint density at radius 3 is 2.57 bits per heavy atom. The molecule has 2 aromatic rings. The zero-order valence-electron chi connectivity index (χ0n) is 12.1. The van der Waals surface area contributed by atoms with Gasteiger partial charge in [0.2, 0.25) is 0 Å². The minimum atomic E-state index is -0.409. The van der Waals surface area contributed by atoms with Crippen LogP contribution in [0.3, 0.4) is 0 Å². The van der Waals surface area contributed by atoms with Crippen molar-refractivity contribution in [1.29, 1.82) is 0 Å². The molecule has 0 aromatic heterocycles. The molecule has 0 heterocycles.